The van der Waals surface area contributed by atoms with Crippen molar-refractivity contribution in [1.29, 1.82) is 0 Å². The molecule has 4 nitrogen and oxygen atoms in total. The molecule has 0 aromatic rings. The fraction of sp³-hybridized carbons (Fsp3) is 0. The summed E-state index contributed by atoms with van der Waals surface area (Å²) in [7, 11) is 0. The first-order valence-electron chi connectivity index (χ1n) is 1.07. The molecule has 0 fully saturated rings. The van der Waals surface area contributed by atoms with Crippen LogP contribution in [0.2, 0.25) is 0 Å². The average molecular weight is 165 g/mol. The van der Waals surface area contributed by atoms with Crippen LogP contribution in [-0.2, 0) is 9.59 Å². The molecule has 8 heavy (non-hydrogen) atoms. The maximum atomic E-state index is 8.93. The summed E-state index contributed by atoms with van der Waals surface area (Å²) in [5.41, 5.74) is 0. The zero-order valence-electron chi connectivity index (χ0n) is 4.08. The van der Waals surface area contributed by atoms with Crippen molar-refractivity contribution in [3.05, 3.63) is 0 Å². The Kier molecular flexibility index (Phi) is 15.7. The van der Waals surface area contributed by atoms with E-state index in [1.165, 1.54) is 0 Å². The van der Waals surface area contributed by atoms with E-state index in [0.29, 0.717) is 0 Å². The topological polar surface area (TPSA) is 80.3 Å². The molecular weight excluding hydrogens is 163 g/mol. The zero-order valence-corrected chi connectivity index (χ0v) is 8.10. The first-order chi connectivity index (χ1) is 2.64. The van der Waals surface area contributed by atoms with E-state index in [-0.39, 0.29) is 63.8 Å². The van der Waals surface area contributed by atoms with E-state index in [9.17, 15) is 0 Å². The van der Waals surface area contributed by atoms with Crippen molar-refractivity contribution in [3.63, 3.8) is 0 Å². The Morgan fingerprint density at radius 3 is 1.12 bits per heavy atom. The number of hydrogen-bond acceptors (Lipinski definition) is 4. The number of rotatable bonds is 0. The zero-order chi connectivity index (χ0) is 5.15. The van der Waals surface area contributed by atoms with Gasteiger partial charge >= 0.3 is 51.4 Å². The molecule has 0 saturated carbocycles. The summed E-state index contributed by atoms with van der Waals surface area (Å²) in [6.45, 7) is 0. The Morgan fingerprint density at radius 1 is 1.00 bits per heavy atom. The van der Waals surface area contributed by atoms with Crippen molar-refractivity contribution in [2.24, 2.45) is 0 Å². The molecule has 0 atom stereocenters. The molecule has 42 valence electrons. The number of carboxylic acids is 2. The molecule has 0 aliphatic carbocycles. The van der Waals surface area contributed by atoms with Crippen LogP contribution in [0.15, 0.2) is 0 Å². The Hall–Kier alpha value is 0.866. The molecule has 0 aliphatic heterocycles. The molecule has 0 spiro atoms. The van der Waals surface area contributed by atoms with E-state index in [2.05, 4.69) is 0 Å². The van der Waals surface area contributed by atoms with Crippen LogP contribution in [0.4, 0.5) is 0 Å². The van der Waals surface area contributed by atoms with Crippen molar-refractivity contribution in [2.75, 3.05) is 0 Å². The quantitative estimate of drug-likeness (QED) is 0.263. The molecule has 0 bridgehead atoms. The number of carboxylic acid groups (broad SMARTS) is 2. The van der Waals surface area contributed by atoms with Crippen molar-refractivity contribution < 1.29 is 83.6 Å². The molecule has 0 rings (SSSR count). The van der Waals surface area contributed by atoms with E-state index >= 15 is 0 Å². The monoisotopic (exact) mass is 164 g/mol. The number of aliphatic carboxylic acids is 2. The fourth-order valence-electron chi connectivity index (χ4n) is 0. The average Bonchev–Trinajstić information content (AvgIpc) is 1.36. The van der Waals surface area contributed by atoms with Gasteiger partial charge in [-0.05, 0) is 0 Å². The van der Waals surface area contributed by atoms with Gasteiger partial charge in [0, 0.05) is 0 Å². The Morgan fingerprint density at radius 2 is 1.12 bits per heavy atom. The maximum absolute atomic E-state index is 8.93. The summed E-state index contributed by atoms with van der Waals surface area (Å²) in [6.07, 6.45) is 0. The van der Waals surface area contributed by atoms with Gasteiger partial charge in [0.1, 0.15) is 0 Å². The molecule has 0 heterocycles. The van der Waals surface area contributed by atoms with E-state index in [0.717, 1.165) is 0 Å². The van der Waals surface area contributed by atoms with Gasteiger partial charge < -0.3 is 19.8 Å². The second-order valence-corrected chi connectivity index (χ2v) is 0.575. The molecule has 0 N–H and O–H groups in total. The van der Waals surface area contributed by atoms with Gasteiger partial charge in [-0.15, -0.1) is 0 Å². The van der Waals surface area contributed by atoms with Crippen molar-refractivity contribution in [2.45, 2.75) is 0 Å². The molecule has 0 radical (unpaired) electrons. The van der Waals surface area contributed by atoms with Gasteiger partial charge in [-0.1, -0.05) is 0 Å². The summed E-state index contributed by atoms with van der Waals surface area (Å²) < 4.78 is 0. The summed E-state index contributed by atoms with van der Waals surface area (Å²) in [6, 6.07) is 0. The van der Waals surface area contributed by atoms with Gasteiger partial charge in [0.25, 0.3) is 0 Å². The molecule has 0 aromatic carbocycles. The predicted molar refractivity (Wildman–Crippen MR) is 12.8 cm³/mol. The number of hydrogen-bond donors (Lipinski definition) is 0. The minimum Gasteiger partial charge on any atom is -0.543 e. The Bertz CT molecular complexity index is 80.0. The smallest absolute Gasteiger partial charge is 0.543 e. The summed E-state index contributed by atoms with van der Waals surface area (Å²) in [4.78, 5) is 17.9. The van der Waals surface area contributed by atoms with Crippen LogP contribution in [0.1, 0.15) is 0 Å². The van der Waals surface area contributed by atoms with Gasteiger partial charge in [0.05, 0.1) is 24.3 Å². The van der Waals surface area contributed by atoms with Crippen LogP contribution in [0, 0.1) is 12.4 Å². The third kappa shape index (κ3) is 9.98. The van der Waals surface area contributed by atoms with Gasteiger partial charge in [-0.3, -0.25) is 0 Å². The van der Waals surface area contributed by atoms with E-state index < -0.39 is 11.9 Å². The third-order valence-electron chi connectivity index (χ3n) is 0.167. The number of carbonyl (C=O) groups is 2. The molecular formula is C2H2ClKO4. The van der Waals surface area contributed by atoms with Crippen molar-refractivity contribution in [3.8, 4) is 0 Å². The SMILES string of the molecule is O=C([O-])C(=O)[O-].[ClH2+].[K+]. The molecule has 6 heteroatoms. The van der Waals surface area contributed by atoms with Crippen LogP contribution < -0.4 is 61.6 Å². The summed E-state index contributed by atoms with van der Waals surface area (Å²) in [5.74, 6) is -4.37. The Balaban J connectivity index is -0.000000125. The Labute approximate surface area is 94.1 Å². The van der Waals surface area contributed by atoms with Crippen LogP contribution in [0.3, 0.4) is 0 Å². The van der Waals surface area contributed by atoms with Crippen molar-refractivity contribution >= 4 is 11.9 Å². The van der Waals surface area contributed by atoms with E-state index in [4.69, 9.17) is 19.8 Å². The molecule has 0 unspecified atom stereocenters. The minimum absolute atomic E-state index is 0. The first kappa shape index (κ1) is 15.9. The van der Waals surface area contributed by atoms with E-state index in [1.807, 2.05) is 0 Å². The normalized spacial score (nSPS) is 5.50. The predicted octanol–water partition coefficient (Wildman–Crippen LogP) is -7.05. The van der Waals surface area contributed by atoms with Crippen LogP contribution in [-0.4, -0.2) is 11.9 Å². The minimum atomic E-state index is -2.19. The van der Waals surface area contributed by atoms with Crippen LogP contribution in [0.5, 0.6) is 0 Å². The standard InChI is InChI=1S/C2H2O4.ClH2.K/c3-1(4)2(5)6;;/h(H,3,4)(H,5,6);1H2;/q;2*+1/p-2. The largest absolute Gasteiger partial charge is 1.00 e. The summed E-state index contributed by atoms with van der Waals surface area (Å²) in [5, 5.41) is 17.9. The third-order valence-corrected chi connectivity index (χ3v) is 0.167. The molecule has 0 saturated heterocycles. The number of carbonyl (C=O) groups excluding carboxylic acids is 2. The molecule has 0 amide bonds. The second kappa shape index (κ2) is 7.87. The van der Waals surface area contributed by atoms with E-state index in [1.54, 1.807) is 0 Å². The van der Waals surface area contributed by atoms with Gasteiger partial charge in [0.2, 0.25) is 0 Å². The summed E-state index contributed by atoms with van der Waals surface area (Å²) >= 11 is 0. The van der Waals surface area contributed by atoms with Gasteiger partial charge in [-0.25, -0.2) is 0 Å². The van der Waals surface area contributed by atoms with Gasteiger partial charge in [0.15, 0.2) is 0 Å². The number of halogens is 1. The molecule has 0 aliphatic rings. The maximum Gasteiger partial charge on any atom is 1.00 e. The van der Waals surface area contributed by atoms with Crippen LogP contribution >= 0.6 is 0 Å². The first-order valence-corrected chi connectivity index (χ1v) is 1.07. The van der Waals surface area contributed by atoms with Crippen LogP contribution in [0.25, 0.3) is 0 Å². The fourth-order valence-corrected chi connectivity index (χ4v) is 0. The second-order valence-electron chi connectivity index (χ2n) is 0.575. The van der Waals surface area contributed by atoms with Crippen molar-refractivity contribution in [1.82, 2.24) is 0 Å². The van der Waals surface area contributed by atoms with Gasteiger partial charge in [-0.2, -0.15) is 0 Å². The molecule has 0 aromatic heterocycles.